The van der Waals surface area contributed by atoms with E-state index in [1.54, 1.807) is 11.0 Å². The van der Waals surface area contributed by atoms with E-state index in [1.165, 1.54) is 18.2 Å². The summed E-state index contributed by atoms with van der Waals surface area (Å²) in [6.45, 7) is 9.78. The number of benzene rings is 1. The van der Waals surface area contributed by atoms with Gasteiger partial charge in [-0.25, -0.2) is 0 Å². The zero-order valence-corrected chi connectivity index (χ0v) is 14.9. The first-order chi connectivity index (χ1) is 10.9. The van der Waals surface area contributed by atoms with Crippen LogP contribution in [0.15, 0.2) is 24.3 Å². The second-order valence-electron chi connectivity index (χ2n) is 7.18. The molecule has 0 N–H and O–H groups in total. The van der Waals surface area contributed by atoms with Crippen LogP contribution in [-0.2, 0) is 4.79 Å². The Morgan fingerprint density at radius 2 is 1.88 bits per heavy atom. The smallest absolute Gasteiger partial charge is 0.406 e. The zero-order valence-electron chi connectivity index (χ0n) is 14.9. The molecule has 1 aromatic rings. The molecule has 0 aliphatic heterocycles. The molecule has 6 heteroatoms. The Bertz CT molecular complexity index is 550. The van der Waals surface area contributed by atoms with Gasteiger partial charge in [-0.05, 0) is 30.9 Å². The number of nitrogens with zero attached hydrogens (tertiary/aromatic N) is 1. The molecule has 24 heavy (non-hydrogen) atoms. The molecular formula is C18H26F3NO2. The van der Waals surface area contributed by atoms with Gasteiger partial charge in [0, 0.05) is 24.2 Å². The van der Waals surface area contributed by atoms with Crippen molar-refractivity contribution in [3.63, 3.8) is 0 Å². The summed E-state index contributed by atoms with van der Waals surface area (Å²) in [6, 6.07) is 5.49. The van der Waals surface area contributed by atoms with Crippen LogP contribution in [0.4, 0.5) is 18.9 Å². The van der Waals surface area contributed by atoms with Crippen LogP contribution in [0.2, 0.25) is 0 Å². The fourth-order valence-corrected chi connectivity index (χ4v) is 2.56. The van der Waals surface area contributed by atoms with Gasteiger partial charge >= 0.3 is 6.36 Å². The lowest BCUT2D eigenvalue weighted by molar-refractivity contribution is -0.274. The number of hydrogen-bond acceptors (Lipinski definition) is 2. The first-order valence-corrected chi connectivity index (χ1v) is 8.11. The summed E-state index contributed by atoms with van der Waals surface area (Å²) >= 11 is 0. The van der Waals surface area contributed by atoms with Gasteiger partial charge in [0.15, 0.2) is 0 Å². The van der Waals surface area contributed by atoms with Gasteiger partial charge in [-0.1, -0.05) is 40.2 Å². The maximum atomic E-state index is 12.7. The first-order valence-electron chi connectivity index (χ1n) is 8.11. The van der Waals surface area contributed by atoms with Crippen LogP contribution >= 0.6 is 0 Å². The molecule has 0 bridgehead atoms. The van der Waals surface area contributed by atoms with Crippen LogP contribution in [-0.4, -0.2) is 18.3 Å². The minimum Gasteiger partial charge on any atom is -0.406 e. The summed E-state index contributed by atoms with van der Waals surface area (Å²) in [5.74, 6) is -0.426. The van der Waals surface area contributed by atoms with E-state index in [9.17, 15) is 18.0 Å². The van der Waals surface area contributed by atoms with Crippen LogP contribution in [0.5, 0.6) is 5.75 Å². The van der Waals surface area contributed by atoms with Crippen molar-refractivity contribution in [2.24, 2.45) is 5.41 Å². The highest BCUT2D eigenvalue weighted by atomic mass is 19.4. The van der Waals surface area contributed by atoms with Crippen molar-refractivity contribution in [2.75, 3.05) is 4.90 Å². The number of rotatable bonds is 6. The quantitative estimate of drug-likeness (QED) is 0.677. The van der Waals surface area contributed by atoms with E-state index in [0.29, 0.717) is 12.1 Å². The molecule has 0 spiro atoms. The molecule has 1 atom stereocenters. The van der Waals surface area contributed by atoms with Crippen molar-refractivity contribution in [1.29, 1.82) is 0 Å². The third kappa shape index (κ3) is 6.81. The Morgan fingerprint density at radius 1 is 1.25 bits per heavy atom. The number of alkyl halides is 3. The van der Waals surface area contributed by atoms with E-state index in [4.69, 9.17) is 0 Å². The number of amides is 1. The maximum Gasteiger partial charge on any atom is 0.573 e. The highest BCUT2D eigenvalue weighted by Crippen LogP contribution is 2.30. The van der Waals surface area contributed by atoms with Crippen molar-refractivity contribution in [1.82, 2.24) is 0 Å². The molecule has 0 aromatic heterocycles. The third-order valence-corrected chi connectivity index (χ3v) is 3.43. The Kier molecular flexibility index (Phi) is 6.69. The Morgan fingerprint density at radius 3 is 2.38 bits per heavy atom. The fraction of sp³-hybridized carbons (Fsp3) is 0.611. The van der Waals surface area contributed by atoms with Gasteiger partial charge in [0.05, 0.1) is 0 Å². The maximum absolute atomic E-state index is 12.7. The van der Waals surface area contributed by atoms with Gasteiger partial charge < -0.3 is 9.64 Å². The van der Waals surface area contributed by atoms with Gasteiger partial charge in [-0.15, -0.1) is 13.2 Å². The SMILES string of the molecule is CCCC(C)N(C(=O)CC(C)(C)C)c1cccc(OC(F)(F)F)c1. The predicted octanol–water partition coefficient (Wildman–Crippen LogP) is 5.54. The molecule has 0 saturated carbocycles. The van der Waals surface area contributed by atoms with Crippen molar-refractivity contribution in [3.05, 3.63) is 24.3 Å². The summed E-state index contributed by atoms with van der Waals surface area (Å²) in [6.07, 6.45) is -2.81. The summed E-state index contributed by atoms with van der Waals surface area (Å²) in [4.78, 5) is 14.3. The average Bonchev–Trinajstić information content (AvgIpc) is 2.35. The van der Waals surface area contributed by atoms with Crippen molar-refractivity contribution in [3.8, 4) is 5.75 Å². The van der Waals surface area contributed by atoms with E-state index in [1.807, 2.05) is 34.6 Å². The standard InChI is InChI=1S/C18H26F3NO2/c1-6-8-13(2)22(16(23)12-17(3,4)5)14-9-7-10-15(11-14)24-18(19,20)21/h7,9-11,13H,6,8,12H2,1-5H3. The zero-order chi connectivity index (χ0) is 18.5. The second kappa shape index (κ2) is 7.90. The molecule has 1 rings (SSSR count). The van der Waals surface area contributed by atoms with Crippen molar-refractivity contribution < 1.29 is 22.7 Å². The predicted molar refractivity (Wildman–Crippen MR) is 89.1 cm³/mol. The second-order valence-corrected chi connectivity index (χ2v) is 7.18. The van der Waals surface area contributed by atoms with Gasteiger partial charge in [-0.3, -0.25) is 4.79 Å². The normalized spacial score (nSPS) is 13.5. The number of anilines is 1. The largest absolute Gasteiger partial charge is 0.573 e. The number of carbonyl (C=O) groups is 1. The molecule has 0 saturated heterocycles. The van der Waals surface area contributed by atoms with Gasteiger partial charge in [0.1, 0.15) is 5.75 Å². The number of halogens is 3. The Hall–Kier alpha value is -1.72. The van der Waals surface area contributed by atoms with Crippen molar-refractivity contribution in [2.45, 2.75) is 66.3 Å². The van der Waals surface area contributed by atoms with E-state index in [2.05, 4.69) is 4.74 Å². The van der Waals surface area contributed by atoms with E-state index >= 15 is 0 Å². The lowest BCUT2D eigenvalue weighted by atomic mass is 9.91. The highest BCUT2D eigenvalue weighted by molar-refractivity contribution is 5.94. The van der Waals surface area contributed by atoms with Crippen LogP contribution in [0, 0.1) is 5.41 Å². The lowest BCUT2D eigenvalue weighted by Crippen LogP contribution is -2.40. The number of carbonyl (C=O) groups excluding carboxylic acids is 1. The summed E-state index contributed by atoms with van der Waals surface area (Å²) in [5, 5.41) is 0. The van der Waals surface area contributed by atoms with Crippen LogP contribution in [0.3, 0.4) is 0 Å². The molecule has 0 aliphatic carbocycles. The molecule has 0 heterocycles. The van der Waals surface area contributed by atoms with Crippen molar-refractivity contribution >= 4 is 11.6 Å². The van der Waals surface area contributed by atoms with Gasteiger partial charge in [0.25, 0.3) is 0 Å². The van der Waals surface area contributed by atoms with E-state index in [-0.39, 0.29) is 23.1 Å². The fourth-order valence-electron chi connectivity index (χ4n) is 2.56. The van der Waals surface area contributed by atoms with Gasteiger partial charge in [0.2, 0.25) is 5.91 Å². The molecular weight excluding hydrogens is 319 g/mol. The molecule has 0 fully saturated rings. The molecule has 0 radical (unpaired) electrons. The topological polar surface area (TPSA) is 29.5 Å². The number of hydrogen-bond donors (Lipinski definition) is 0. The van der Waals surface area contributed by atoms with Crippen LogP contribution in [0.1, 0.15) is 53.9 Å². The molecule has 136 valence electrons. The average molecular weight is 345 g/mol. The molecule has 1 unspecified atom stereocenters. The van der Waals surface area contributed by atoms with E-state index in [0.717, 1.165) is 12.8 Å². The Labute approximate surface area is 141 Å². The molecule has 1 amide bonds. The van der Waals surface area contributed by atoms with Gasteiger partial charge in [-0.2, -0.15) is 0 Å². The monoisotopic (exact) mass is 345 g/mol. The molecule has 0 aliphatic rings. The van der Waals surface area contributed by atoms with Crippen LogP contribution in [0.25, 0.3) is 0 Å². The Balaban J connectivity index is 3.15. The minimum atomic E-state index is -4.76. The minimum absolute atomic E-state index is 0.104. The summed E-state index contributed by atoms with van der Waals surface area (Å²) in [5.41, 5.74) is 0.216. The lowest BCUT2D eigenvalue weighted by Gasteiger charge is -2.32. The summed E-state index contributed by atoms with van der Waals surface area (Å²) in [7, 11) is 0. The molecule has 3 nitrogen and oxygen atoms in total. The number of ether oxygens (including phenoxy) is 1. The van der Waals surface area contributed by atoms with Crippen LogP contribution < -0.4 is 9.64 Å². The first kappa shape index (κ1) is 20.3. The highest BCUT2D eigenvalue weighted by Gasteiger charge is 2.32. The summed E-state index contributed by atoms with van der Waals surface area (Å²) < 4.78 is 41.3. The third-order valence-electron chi connectivity index (χ3n) is 3.43. The molecule has 1 aromatic carbocycles. The van der Waals surface area contributed by atoms with E-state index < -0.39 is 6.36 Å².